The van der Waals surface area contributed by atoms with E-state index in [1.54, 1.807) is 0 Å². The Hall–Kier alpha value is -6.91. The number of rotatable bonds is 5. The maximum Gasteiger partial charge on any atom is 0.165 e. The van der Waals surface area contributed by atoms with Crippen LogP contribution in [0.1, 0.15) is 0 Å². The van der Waals surface area contributed by atoms with E-state index in [1.807, 2.05) is 42.5 Å². The van der Waals surface area contributed by atoms with E-state index in [1.165, 1.54) is 21.7 Å². The quantitative estimate of drug-likeness (QED) is 0.186. The lowest BCUT2D eigenvalue weighted by atomic mass is 9.92. The van der Waals surface area contributed by atoms with E-state index < -0.39 is 0 Å². The van der Waals surface area contributed by atoms with Gasteiger partial charge in [-0.1, -0.05) is 152 Å². The van der Waals surface area contributed by atoms with Crippen molar-refractivity contribution in [1.82, 2.24) is 15.0 Å². The van der Waals surface area contributed by atoms with Crippen LogP contribution < -0.4 is 0 Å². The first-order chi connectivity index (χ1) is 25.3. The molecule has 2 heterocycles. The van der Waals surface area contributed by atoms with Crippen molar-refractivity contribution in [3.8, 4) is 56.4 Å². The Kier molecular flexibility index (Phi) is 6.78. The molecule has 0 fully saturated rings. The van der Waals surface area contributed by atoms with Crippen LogP contribution in [0.3, 0.4) is 0 Å². The molecular formula is C47H29N3O. The number of benzene rings is 8. The molecule has 0 spiro atoms. The lowest BCUT2D eigenvalue weighted by Gasteiger charge is -2.14. The van der Waals surface area contributed by atoms with Gasteiger partial charge in [0.15, 0.2) is 17.5 Å². The van der Waals surface area contributed by atoms with Gasteiger partial charge in [-0.05, 0) is 68.1 Å². The van der Waals surface area contributed by atoms with Gasteiger partial charge in [-0.25, -0.2) is 15.0 Å². The highest BCUT2D eigenvalue weighted by Gasteiger charge is 2.22. The highest BCUT2D eigenvalue weighted by atomic mass is 16.3. The van der Waals surface area contributed by atoms with Crippen molar-refractivity contribution in [2.45, 2.75) is 0 Å². The minimum atomic E-state index is 0.595. The smallest absolute Gasteiger partial charge is 0.165 e. The summed E-state index contributed by atoms with van der Waals surface area (Å²) in [6, 6.07) is 61.1. The van der Waals surface area contributed by atoms with Crippen LogP contribution >= 0.6 is 0 Å². The van der Waals surface area contributed by atoms with Gasteiger partial charge in [0.2, 0.25) is 0 Å². The fourth-order valence-corrected chi connectivity index (χ4v) is 7.26. The first-order valence-electron chi connectivity index (χ1n) is 17.1. The molecule has 0 saturated carbocycles. The number of nitrogens with zero attached hydrogens (tertiary/aromatic N) is 3. The molecule has 10 aromatic rings. The lowest BCUT2D eigenvalue weighted by Crippen LogP contribution is -2.01. The van der Waals surface area contributed by atoms with Gasteiger partial charge in [0.25, 0.3) is 0 Å². The fourth-order valence-electron chi connectivity index (χ4n) is 7.26. The van der Waals surface area contributed by atoms with Crippen LogP contribution in [0.2, 0.25) is 0 Å². The predicted molar refractivity (Wildman–Crippen MR) is 209 cm³/mol. The Morgan fingerprint density at radius 2 is 0.941 bits per heavy atom. The normalized spacial score (nSPS) is 11.5. The molecular weight excluding hydrogens is 623 g/mol. The second-order valence-corrected chi connectivity index (χ2v) is 12.8. The summed E-state index contributed by atoms with van der Waals surface area (Å²) in [4.78, 5) is 15.5. The molecule has 0 bridgehead atoms. The number of para-hydroxylation sites is 1. The summed E-state index contributed by atoms with van der Waals surface area (Å²) in [7, 11) is 0. The molecule has 0 N–H and O–H groups in total. The van der Waals surface area contributed by atoms with Crippen LogP contribution in [0.15, 0.2) is 180 Å². The van der Waals surface area contributed by atoms with Gasteiger partial charge in [0.1, 0.15) is 11.2 Å². The largest absolute Gasteiger partial charge is 0.456 e. The fraction of sp³-hybridized carbons (Fsp3) is 0. The second kappa shape index (κ2) is 11.9. The molecule has 8 aromatic carbocycles. The van der Waals surface area contributed by atoms with Gasteiger partial charge < -0.3 is 4.42 Å². The highest BCUT2D eigenvalue weighted by molar-refractivity contribution is 6.15. The van der Waals surface area contributed by atoms with E-state index in [0.29, 0.717) is 17.5 Å². The minimum Gasteiger partial charge on any atom is -0.456 e. The zero-order chi connectivity index (χ0) is 33.7. The van der Waals surface area contributed by atoms with Crippen LogP contribution in [0, 0.1) is 0 Å². The summed E-state index contributed by atoms with van der Waals surface area (Å²) >= 11 is 0. The first-order valence-corrected chi connectivity index (χ1v) is 17.1. The first kappa shape index (κ1) is 29.0. The molecule has 0 unspecified atom stereocenters. The monoisotopic (exact) mass is 651 g/mol. The van der Waals surface area contributed by atoms with E-state index >= 15 is 0 Å². The molecule has 0 aliphatic rings. The summed E-state index contributed by atoms with van der Waals surface area (Å²) in [6.07, 6.45) is 0. The minimum absolute atomic E-state index is 0.595. The average Bonchev–Trinajstić information content (AvgIpc) is 3.59. The van der Waals surface area contributed by atoms with Crippen LogP contribution in [-0.2, 0) is 0 Å². The Morgan fingerprint density at radius 1 is 0.333 bits per heavy atom. The lowest BCUT2D eigenvalue weighted by molar-refractivity contribution is 0.669. The van der Waals surface area contributed by atoms with Crippen LogP contribution in [0.5, 0.6) is 0 Å². The van der Waals surface area contributed by atoms with Crippen molar-refractivity contribution in [3.63, 3.8) is 0 Å². The summed E-state index contributed by atoms with van der Waals surface area (Å²) in [5, 5.41) is 6.77. The number of furan rings is 1. The van der Waals surface area contributed by atoms with Crippen LogP contribution in [-0.4, -0.2) is 15.0 Å². The van der Waals surface area contributed by atoms with E-state index in [-0.39, 0.29) is 0 Å². The average molecular weight is 652 g/mol. The summed E-state index contributed by atoms with van der Waals surface area (Å²) in [5.74, 6) is 1.83. The maximum atomic E-state index is 6.43. The zero-order valence-electron chi connectivity index (χ0n) is 27.5. The molecule has 238 valence electrons. The van der Waals surface area contributed by atoms with Crippen LogP contribution in [0.4, 0.5) is 0 Å². The molecule has 0 amide bonds. The van der Waals surface area contributed by atoms with Gasteiger partial charge in [-0.15, -0.1) is 0 Å². The third kappa shape index (κ3) is 5.04. The third-order valence-corrected chi connectivity index (χ3v) is 9.74. The van der Waals surface area contributed by atoms with Crippen molar-refractivity contribution in [2.24, 2.45) is 0 Å². The summed E-state index contributed by atoms with van der Waals surface area (Å²) < 4.78 is 6.43. The summed E-state index contributed by atoms with van der Waals surface area (Å²) in [5.41, 5.74) is 8.84. The molecule has 51 heavy (non-hydrogen) atoms. The van der Waals surface area contributed by atoms with E-state index in [9.17, 15) is 0 Å². The number of hydrogen-bond donors (Lipinski definition) is 0. The SMILES string of the molecule is c1ccc(-c2nc(-c3ccc4ccccc4c3)nc(-c3c(-c4ccc(-c5cccc6ccccc56)cc4)ccc4oc5ccccc5c34)n2)cc1. The molecule has 0 aliphatic heterocycles. The molecule has 0 atom stereocenters. The maximum absolute atomic E-state index is 6.43. The van der Waals surface area contributed by atoms with Crippen molar-refractivity contribution in [2.75, 3.05) is 0 Å². The van der Waals surface area contributed by atoms with Gasteiger partial charge in [-0.2, -0.15) is 0 Å². The number of fused-ring (bicyclic) bond motifs is 5. The molecule has 0 radical (unpaired) electrons. The van der Waals surface area contributed by atoms with E-state index in [4.69, 9.17) is 19.4 Å². The Morgan fingerprint density at radius 3 is 1.76 bits per heavy atom. The molecule has 0 saturated heterocycles. The standard InChI is InChI=1S/C47H29N3O/c1-2-13-34(14-3-1)45-48-46(36-26-21-30-11-4-5-15-35(30)29-36)50-47(49-45)44-39(27-28-42-43(44)40-18-8-9-20-41(40)51-42)33-24-22-32(23-25-33)38-19-10-16-31-12-6-7-17-37(31)38/h1-29H. The third-order valence-electron chi connectivity index (χ3n) is 9.74. The molecule has 0 aliphatic carbocycles. The molecule has 4 nitrogen and oxygen atoms in total. The van der Waals surface area contributed by atoms with Crippen molar-refractivity contribution in [1.29, 1.82) is 0 Å². The Labute approximate surface area is 294 Å². The summed E-state index contributed by atoms with van der Waals surface area (Å²) in [6.45, 7) is 0. The molecule has 10 rings (SSSR count). The van der Waals surface area contributed by atoms with Crippen molar-refractivity contribution < 1.29 is 4.42 Å². The second-order valence-electron chi connectivity index (χ2n) is 12.8. The van der Waals surface area contributed by atoms with Crippen molar-refractivity contribution >= 4 is 43.5 Å². The Bertz CT molecular complexity index is 2900. The van der Waals surface area contributed by atoms with Gasteiger partial charge in [0, 0.05) is 27.5 Å². The van der Waals surface area contributed by atoms with Gasteiger partial charge in [-0.3, -0.25) is 0 Å². The number of aromatic nitrogens is 3. The van der Waals surface area contributed by atoms with Gasteiger partial charge >= 0.3 is 0 Å². The van der Waals surface area contributed by atoms with Crippen molar-refractivity contribution in [3.05, 3.63) is 176 Å². The van der Waals surface area contributed by atoms with E-state index in [0.717, 1.165) is 60.7 Å². The zero-order valence-corrected chi connectivity index (χ0v) is 27.5. The Balaban J connectivity index is 1.22. The van der Waals surface area contributed by atoms with E-state index in [2.05, 4.69) is 133 Å². The molecule has 2 aromatic heterocycles. The highest BCUT2D eigenvalue weighted by Crippen LogP contribution is 2.43. The predicted octanol–water partition coefficient (Wildman–Crippen LogP) is 12.4. The number of hydrogen-bond acceptors (Lipinski definition) is 4. The van der Waals surface area contributed by atoms with Crippen LogP contribution in [0.25, 0.3) is 99.9 Å². The topological polar surface area (TPSA) is 51.8 Å². The van der Waals surface area contributed by atoms with Gasteiger partial charge in [0.05, 0.1) is 0 Å². The molecule has 4 heteroatoms.